The van der Waals surface area contributed by atoms with Crippen LogP contribution in [-0.4, -0.2) is 10.9 Å². The van der Waals surface area contributed by atoms with Gasteiger partial charge in [0.2, 0.25) is 5.91 Å². The number of aromatic nitrogens is 1. The number of amides is 1. The number of anilines is 1. The van der Waals surface area contributed by atoms with E-state index in [1.807, 2.05) is 63.2 Å². The molecule has 3 rings (SSSR count). The Morgan fingerprint density at radius 2 is 1.73 bits per heavy atom. The fourth-order valence-electron chi connectivity index (χ4n) is 2.01. The number of hydrogen-bond acceptors (Lipinski definition) is 3. The summed E-state index contributed by atoms with van der Waals surface area (Å²) < 4.78 is 1.18. The van der Waals surface area contributed by atoms with Crippen LogP contribution in [0.2, 0.25) is 0 Å². The molecule has 0 aliphatic carbocycles. The van der Waals surface area contributed by atoms with Crippen molar-refractivity contribution in [2.75, 3.05) is 5.32 Å². The summed E-state index contributed by atoms with van der Waals surface area (Å²) in [4.78, 5) is 16.6. The first-order chi connectivity index (χ1) is 10.4. The van der Waals surface area contributed by atoms with E-state index in [1.54, 1.807) is 11.3 Å². The van der Waals surface area contributed by atoms with Gasteiger partial charge in [0, 0.05) is 16.7 Å². The lowest BCUT2D eigenvalue weighted by molar-refractivity contribution is -0.123. The molecule has 1 aromatic heterocycles. The van der Waals surface area contributed by atoms with Gasteiger partial charge >= 0.3 is 0 Å². The Morgan fingerprint density at radius 3 is 2.36 bits per heavy atom. The first kappa shape index (κ1) is 14.7. The van der Waals surface area contributed by atoms with Gasteiger partial charge in [-0.1, -0.05) is 32.9 Å². The minimum absolute atomic E-state index is 0.0141. The second kappa shape index (κ2) is 5.54. The zero-order valence-corrected chi connectivity index (χ0v) is 13.7. The van der Waals surface area contributed by atoms with Crippen molar-refractivity contribution >= 4 is 33.1 Å². The second-order valence-electron chi connectivity index (χ2n) is 6.27. The molecule has 0 fully saturated rings. The van der Waals surface area contributed by atoms with Crippen molar-refractivity contribution in [1.82, 2.24) is 4.98 Å². The number of carbonyl (C=O) groups excluding carboxylic acids is 1. The van der Waals surface area contributed by atoms with E-state index >= 15 is 0 Å². The lowest BCUT2D eigenvalue weighted by Gasteiger charge is -2.17. The molecule has 0 aliphatic rings. The molecule has 0 saturated carbocycles. The number of nitrogens with zero attached hydrogens (tertiary/aromatic N) is 1. The van der Waals surface area contributed by atoms with Crippen LogP contribution in [0.4, 0.5) is 5.69 Å². The second-order valence-corrected chi connectivity index (χ2v) is 7.30. The van der Waals surface area contributed by atoms with Crippen LogP contribution >= 0.6 is 11.3 Å². The number of rotatable bonds is 2. The summed E-state index contributed by atoms with van der Waals surface area (Å²) >= 11 is 1.68. The quantitative estimate of drug-likeness (QED) is 0.728. The maximum absolute atomic E-state index is 12.0. The van der Waals surface area contributed by atoms with Crippen LogP contribution < -0.4 is 5.32 Å². The highest BCUT2D eigenvalue weighted by Gasteiger charge is 2.21. The molecule has 0 atom stereocenters. The number of nitrogens with one attached hydrogen (secondary N) is 1. The molecule has 0 bridgehead atoms. The van der Waals surface area contributed by atoms with E-state index in [-0.39, 0.29) is 5.91 Å². The third-order valence-electron chi connectivity index (χ3n) is 3.36. The van der Waals surface area contributed by atoms with Crippen LogP contribution in [0.5, 0.6) is 0 Å². The van der Waals surface area contributed by atoms with Crippen molar-refractivity contribution in [3.8, 4) is 10.6 Å². The van der Waals surface area contributed by atoms with Crippen LogP contribution in [0.15, 0.2) is 48.5 Å². The van der Waals surface area contributed by atoms with Crippen LogP contribution in [0.1, 0.15) is 20.8 Å². The van der Waals surface area contributed by atoms with E-state index in [0.717, 1.165) is 21.8 Å². The highest BCUT2D eigenvalue weighted by atomic mass is 32.1. The van der Waals surface area contributed by atoms with E-state index in [1.165, 1.54) is 4.70 Å². The number of para-hydroxylation sites is 1. The summed E-state index contributed by atoms with van der Waals surface area (Å²) in [5, 5.41) is 3.93. The molecular formula is C18H18N2OS. The van der Waals surface area contributed by atoms with Crippen LogP contribution in [0, 0.1) is 5.41 Å². The average Bonchev–Trinajstić information content (AvgIpc) is 2.91. The van der Waals surface area contributed by atoms with Crippen molar-refractivity contribution in [2.45, 2.75) is 20.8 Å². The first-order valence-electron chi connectivity index (χ1n) is 7.21. The molecule has 0 spiro atoms. The van der Waals surface area contributed by atoms with Crippen LogP contribution in [-0.2, 0) is 4.79 Å². The standard InChI is InChI=1S/C18H18N2OS/c1-18(2,3)17(21)19-13-10-8-12(9-11-13)16-20-14-6-4-5-7-15(14)22-16/h4-11H,1-3H3,(H,19,21). The Balaban J connectivity index is 1.83. The van der Waals surface area contributed by atoms with Crippen molar-refractivity contribution in [3.05, 3.63) is 48.5 Å². The maximum atomic E-state index is 12.0. The number of thiazole rings is 1. The van der Waals surface area contributed by atoms with Crippen LogP contribution in [0.3, 0.4) is 0 Å². The molecule has 4 heteroatoms. The molecule has 3 aromatic rings. The highest BCUT2D eigenvalue weighted by molar-refractivity contribution is 7.21. The van der Waals surface area contributed by atoms with Crippen molar-refractivity contribution in [3.63, 3.8) is 0 Å². The van der Waals surface area contributed by atoms with Gasteiger partial charge in [0.25, 0.3) is 0 Å². The zero-order chi connectivity index (χ0) is 15.7. The van der Waals surface area contributed by atoms with Gasteiger partial charge in [0.05, 0.1) is 10.2 Å². The molecule has 0 aliphatic heterocycles. The Kier molecular flexibility index (Phi) is 3.71. The fraction of sp³-hybridized carbons (Fsp3) is 0.222. The summed E-state index contributed by atoms with van der Waals surface area (Å²) in [7, 11) is 0. The number of hydrogen-bond donors (Lipinski definition) is 1. The monoisotopic (exact) mass is 310 g/mol. The van der Waals surface area contributed by atoms with Crippen molar-refractivity contribution < 1.29 is 4.79 Å². The lowest BCUT2D eigenvalue weighted by Crippen LogP contribution is -2.27. The largest absolute Gasteiger partial charge is 0.326 e. The topological polar surface area (TPSA) is 42.0 Å². The van der Waals surface area contributed by atoms with E-state index in [0.29, 0.717) is 0 Å². The van der Waals surface area contributed by atoms with Gasteiger partial charge in [-0.3, -0.25) is 4.79 Å². The van der Waals surface area contributed by atoms with Gasteiger partial charge in [0.1, 0.15) is 5.01 Å². The third-order valence-corrected chi connectivity index (χ3v) is 4.45. The molecule has 1 amide bonds. The minimum atomic E-state index is -0.397. The summed E-state index contributed by atoms with van der Waals surface area (Å²) in [5.41, 5.74) is 2.50. The Bertz CT molecular complexity index is 780. The lowest BCUT2D eigenvalue weighted by atomic mass is 9.95. The smallest absolute Gasteiger partial charge is 0.229 e. The average molecular weight is 310 g/mol. The fourth-order valence-corrected chi connectivity index (χ4v) is 2.98. The maximum Gasteiger partial charge on any atom is 0.229 e. The number of carbonyl (C=O) groups is 1. The van der Waals surface area contributed by atoms with Crippen molar-refractivity contribution in [2.24, 2.45) is 5.41 Å². The summed E-state index contributed by atoms with van der Waals surface area (Å²) in [6.45, 7) is 5.70. The SMILES string of the molecule is CC(C)(C)C(=O)Nc1ccc(-c2nc3ccccc3s2)cc1. The number of benzene rings is 2. The van der Waals surface area contributed by atoms with Crippen molar-refractivity contribution in [1.29, 1.82) is 0 Å². The van der Waals surface area contributed by atoms with Gasteiger partial charge in [0.15, 0.2) is 0 Å². The molecule has 1 heterocycles. The summed E-state index contributed by atoms with van der Waals surface area (Å²) in [6, 6.07) is 16.0. The Morgan fingerprint density at radius 1 is 1.05 bits per heavy atom. The molecule has 1 N–H and O–H groups in total. The molecule has 0 radical (unpaired) electrons. The molecule has 3 nitrogen and oxygen atoms in total. The predicted molar refractivity (Wildman–Crippen MR) is 93.1 cm³/mol. The third kappa shape index (κ3) is 3.02. The van der Waals surface area contributed by atoms with Gasteiger partial charge in [-0.05, 0) is 36.4 Å². The zero-order valence-electron chi connectivity index (χ0n) is 12.9. The Labute approximate surface area is 134 Å². The normalized spacial score (nSPS) is 11.6. The minimum Gasteiger partial charge on any atom is -0.326 e. The highest BCUT2D eigenvalue weighted by Crippen LogP contribution is 2.30. The Hall–Kier alpha value is -2.20. The summed E-state index contributed by atoms with van der Waals surface area (Å²) in [6.07, 6.45) is 0. The van der Waals surface area contributed by atoms with Gasteiger partial charge in [-0.15, -0.1) is 11.3 Å². The summed E-state index contributed by atoms with van der Waals surface area (Å²) in [5.74, 6) is 0.0141. The van der Waals surface area contributed by atoms with E-state index in [2.05, 4.69) is 16.4 Å². The van der Waals surface area contributed by atoms with Gasteiger partial charge in [-0.25, -0.2) is 4.98 Å². The molecule has 0 saturated heterocycles. The van der Waals surface area contributed by atoms with Gasteiger partial charge in [-0.2, -0.15) is 0 Å². The predicted octanol–water partition coefficient (Wildman–Crippen LogP) is 4.95. The van der Waals surface area contributed by atoms with E-state index in [4.69, 9.17) is 0 Å². The molecule has 22 heavy (non-hydrogen) atoms. The molecule has 0 unspecified atom stereocenters. The van der Waals surface area contributed by atoms with E-state index < -0.39 is 5.41 Å². The van der Waals surface area contributed by atoms with Crippen LogP contribution in [0.25, 0.3) is 20.8 Å². The molecule has 112 valence electrons. The van der Waals surface area contributed by atoms with E-state index in [9.17, 15) is 4.79 Å². The molecular weight excluding hydrogens is 292 g/mol. The van der Waals surface area contributed by atoms with Gasteiger partial charge < -0.3 is 5.32 Å². The first-order valence-corrected chi connectivity index (χ1v) is 8.02. The number of fused-ring (bicyclic) bond motifs is 1. The molecule has 2 aromatic carbocycles.